The summed E-state index contributed by atoms with van der Waals surface area (Å²) in [5, 5.41) is 0.869. The van der Waals surface area contributed by atoms with Crippen LogP contribution in [0.25, 0.3) is 0 Å². The molecule has 0 bridgehead atoms. The van der Waals surface area contributed by atoms with Gasteiger partial charge in [0.15, 0.2) is 0 Å². The highest BCUT2D eigenvalue weighted by Crippen LogP contribution is 2.06. The summed E-state index contributed by atoms with van der Waals surface area (Å²) in [6, 6.07) is 8.23. The lowest BCUT2D eigenvalue weighted by Crippen LogP contribution is -2.31. The zero-order valence-corrected chi connectivity index (χ0v) is 8.79. The largest absolute Gasteiger partial charge is 0.494 e. The van der Waals surface area contributed by atoms with E-state index in [4.69, 9.17) is 9.31 Å². The molecule has 0 spiro atoms. The molecule has 1 aromatic rings. The Morgan fingerprint density at radius 1 is 1.31 bits per heavy atom. The molecule has 1 aromatic carbocycles. The highest BCUT2D eigenvalue weighted by molar-refractivity contribution is 9.08. The maximum Gasteiger partial charge on any atom is 0.494 e. The molecule has 4 heteroatoms. The van der Waals surface area contributed by atoms with Gasteiger partial charge in [0.25, 0.3) is 0 Å². The van der Waals surface area contributed by atoms with Crippen LogP contribution >= 0.6 is 15.9 Å². The third-order valence-corrected chi connectivity index (χ3v) is 2.65. The highest BCUT2D eigenvalue weighted by atomic mass is 79.9. The third kappa shape index (κ3) is 2.13. The molecular weight excluding hydrogens is 231 g/mol. The molecule has 1 heterocycles. The lowest BCUT2D eigenvalue weighted by molar-refractivity contribution is 0.365. The van der Waals surface area contributed by atoms with Gasteiger partial charge in [-0.25, -0.2) is 0 Å². The van der Waals surface area contributed by atoms with Crippen LogP contribution < -0.4 is 5.46 Å². The molecule has 0 amide bonds. The van der Waals surface area contributed by atoms with Crippen LogP contribution in [-0.2, 0) is 14.6 Å². The normalized spacial score (nSPS) is 16.5. The first-order chi connectivity index (χ1) is 6.40. The lowest BCUT2D eigenvalue weighted by Gasteiger charge is -2.04. The van der Waals surface area contributed by atoms with Crippen molar-refractivity contribution in [2.45, 2.75) is 5.33 Å². The average Bonchev–Trinajstić information content (AvgIpc) is 2.71. The van der Waals surface area contributed by atoms with Gasteiger partial charge >= 0.3 is 7.12 Å². The highest BCUT2D eigenvalue weighted by Gasteiger charge is 2.25. The van der Waals surface area contributed by atoms with Gasteiger partial charge in [-0.3, -0.25) is 0 Å². The Balaban J connectivity index is 2.18. The minimum absolute atomic E-state index is 0.154. The van der Waals surface area contributed by atoms with Crippen LogP contribution in [0.1, 0.15) is 5.56 Å². The number of alkyl halides is 1. The lowest BCUT2D eigenvalue weighted by atomic mass is 9.79. The molecule has 1 fully saturated rings. The molecule has 2 rings (SSSR count). The summed E-state index contributed by atoms with van der Waals surface area (Å²) < 4.78 is 10.8. The first-order valence-electron chi connectivity index (χ1n) is 4.28. The molecule has 2 nitrogen and oxygen atoms in total. The number of halogens is 1. The van der Waals surface area contributed by atoms with E-state index in [-0.39, 0.29) is 7.12 Å². The van der Waals surface area contributed by atoms with Gasteiger partial charge in [0, 0.05) is 5.33 Å². The van der Waals surface area contributed by atoms with Crippen molar-refractivity contribution in [3.63, 3.8) is 0 Å². The van der Waals surface area contributed by atoms with E-state index in [2.05, 4.69) is 28.1 Å². The second-order valence-electron chi connectivity index (χ2n) is 2.95. The predicted molar refractivity (Wildman–Crippen MR) is 56.4 cm³/mol. The van der Waals surface area contributed by atoms with Gasteiger partial charge in [0.05, 0.1) is 13.2 Å². The molecule has 0 saturated carbocycles. The molecule has 0 N–H and O–H groups in total. The van der Waals surface area contributed by atoms with E-state index in [1.807, 2.05) is 12.1 Å². The first kappa shape index (κ1) is 9.25. The molecule has 0 unspecified atom stereocenters. The van der Waals surface area contributed by atoms with E-state index in [1.165, 1.54) is 5.56 Å². The molecule has 0 aromatic heterocycles. The zero-order chi connectivity index (χ0) is 9.10. The number of rotatable bonds is 2. The van der Waals surface area contributed by atoms with Crippen molar-refractivity contribution in [3.8, 4) is 0 Å². The van der Waals surface area contributed by atoms with E-state index in [9.17, 15) is 0 Å². The summed E-state index contributed by atoms with van der Waals surface area (Å²) in [7, 11) is -0.154. The van der Waals surface area contributed by atoms with Crippen molar-refractivity contribution >= 4 is 28.5 Å². The fraction of sp³-hybridized carbons (Fsp3) is 0.333. The van der Waals surface area contributed by atoms with Crippen LogP contribution in [0.4, 0.5) is 0 Å². The zero-order valence-electron chi connectivity index (χ0n) is 7.20. The van der Waals surface area contributed by atoms with E-state index < -0.39 is 0 Å². The summed E-state index contributed by atoms with van der Waals surface area (Å²) in [6.07, 6.45) is 0. The Hall–Kier alpha value is -0.315. The van der Waals surface area contributed by atoms with Gasteiger partial charge in [-0.1, -0.05) is 40.2 Å². The Bertz CT molecular complexity index is 287. The average molecular weight is 241 g/mol. The van der Waals surface area contributed by atoms with Crippen LogP contribution in [0.15, 0.2) is 24.3 Å². The SMILES string of the molecule is BrCc1cccc(B2OCCO2)c1. The van der Waals surface area contributed by atoms with Gasteiger partial charge in [-0.15, -0.1) is 0 Å². The maximum absolute atomic E-state index is 5.40. The van der Waals surface area contributed by atoms with E-state index in [0.29, 0.717) is 13.2 Å². The minimum atomic E-state index is -0.154. The number of hydrogen-bond acceptors (Lipinski definition) is 2. The van der Waals surface area contributed by atoms with E-state index >= 15 is 0 Å². The molecule has 0 radical (unpaired) electrons. The van der Waals surface area contributed by atoms with Crippen molar-refractivity contribution in [2.75, 3.05) is 13.2 Å². The first-order valence-corrected chi connectivity index (χ1v) is 5.40. The second-order valence-corrected chi connectivity index (χ2v) is 3.51. The molecule has 1 saturated heterocycles. The van der Waals surface area contributed by atoms with Crippen LogP contribution in [0.5, 0.6) is 0 Å². The van der Waals surface area contributed by atoms with Crippen LogP contribution in [0.3, 0.4) is 0 Å². The second kappa shape index (κ2) is 4.27. The summed E-state index contributed by atoms with van der Waals surface area (Å²) in [5.74, 6) is 0. The molecule has 1 aliphatic heterocycles. The minimum Gasteiger partial charge on any atom is -0.405 e. The molecule has 0 atom stereocenters. The predicted octanol–water partition coefficient (Wildman–Crippen LogP) is 1.32. The molecule has 13 heavy (non-hydrogen) atoms. The summed E-state index contributed by atoms with van der Waals surface area (Å²) in [5.41, 5.74) is 2.35. The topological polar surface area (TPSA) is 18.5 Å². The smallest absolute Gasteiger partial charge is 0.405 e. The maximum atomic E-state index is 5.40. The molecule has 68 valence electrons. The molecule has 1 aliphatic rings. The fourth-order valence-electron chi connectivity index (χ4n) is 1.37. The summed E-state index contributed by atoms with van der Waals surface area (Å²) in [4.78, 5) is 0. The Morgan fingerprint density at radius 3 is 2.77 bits per heavy atom. The van der Waals surface area contributed by atoms with Crippen molar-refractivity contribution < 1.29 is 9.31 Å². The van der Waals surface area contributed by atoms with Crippen LogP contribution in [-0.4, -0.2) is 20.3 Å². The Labute approximate surface area is 86.5 Å². The monoisotopic (exact) mass is 240 g/mol. The Morgan fingerprint density at radius 2 is 2.08 bits per heavy atom. The van der Waals surface area contributed by atoms with Gasteiger partial charge in [0.1, 0.15) is 0 Å². The molecular formula is C9H10BBrO2. The van der Waals surface area contributed by atoms with Crippen molar-refractivity contribution in [2.24, 2.45) is 0 Å². The van der Waals surface area contributed by atoms with Crippen LogP contribution in [0, 0.1) is 0 Å². The molecule has 0 aliphatic carbocycles. The van der Waals surface area contributed by atoms with E-state index in [0.717, 1.165) is 10.8 Å². The summed E-state index contributed by atoms with van der Waals surface area (Å²) in [6.45, 7) is 1.40. The standard InChI is InChI=1S/C9H10BBrO2/c11-7-8-2-1-3-9(6-8)10-12-4-5-13-10/h1-3,6H,4-5,7H2. The van der Waals surface area contributed by atoms with Gasteiger partial charge < -0.3 is 9.31 Å². The summed E-state index contributed by atoms with van der Waals surface area (Å²) >= 11 is 3.42. The fourth-order valence-corrected chi connectivity index (χ4v) is 1.72. The van der Waals surface area contributed by atoms with Gasteiger partial charge in [-0.05, 0) is 11.0 Å². The van der Waals surface area contributed by atoms with Crippen LogP contribution in [0.2, 0.25) is 0 Å². The van der Waals surface area contributed by atoms with Crippen molar-refractivity contribution in [1.82, 2.24) is 0 Å². The van der Waals surface area contributed by atoms with Crippen molar-refractivity contribution in [3.05, 3.63) is 29.8 Å². The van der Waals surface area contributed by atoms with E-state index in [1.54, 1.807) is 0 Å². The van der Waals surface area contributed by atoms with Crippen molar-refractivity contribution in [1.29, 1.82) is 0 Å². The quantitative estimate of drug-likeness (QED) is 0.574. The third-order valence-electron chi connectivity index (χ3n) is 2.00. The Kier molecular flexibility index (Phi) is 3.03. The van der Waals surface area contributed by atoms with Gasteiger partial charge in [-0.2, -0.15) is 0 Å². The number of hydrogen-bond donors (Lipinski definition) is 0. The van der Waals surface area contributed by atoms with Gasteiger partial charge in [0.2, 0.25) is 0 Å². The number of benzene rings is 1.